The Hall–Kier alpha value is -0.525. The van der Waals surface area contributed by atoms with E-state index in [0.29, 0.717) is 11.7 Å². The normalized spacial score (nSPS) is 23.6. The standard InChI is InChI=1S/C13H20BN2P/c1-13(2,16(3)14)8-10-9-6-4-5-7-11(9)15-12(10)17/h4-7,10,12,15H,8,17H2,1-3H3. The lowest BCUT2D eigenvalue weighted by Gasteiger charge is -2.36. The molecule has 0 saturated heterocycles. The summed E-state index contributed by atoms with van der Waals surface area (Å²) in [6.07, 6.45) is 1.04. The van der Waals surface area contributed by atoms with Gasteiger partial charge in [0.05, 0.1) is 0 Å². The van der Waals surface area contributed by atoms with E-state index < -0.39 is 0 Å². The molecule has 0 aliphatic carbocycles. The van der Waals surface area contributed by atoms with Gasteiger partial charge in [0.2, 0.25) is 0 Å². The van der Waals surface area contributed by atoms with Crippen molar-refractivity contribution in [1.82, 2.24) is 4.81 Å². The van der Waals surface area contributed by atoms with E-state index in [1.165, 1.54) is 11.3 Å². The van der Waals surface area contributed by atoms with Gasteiger partial charge in [-0.1, -0.05) is 18.2 Å². The molecular formula is C13H20BN2P. The van der Waals surface area contributed by atoms with E-state index in [2.05, 4.69) is 52.7 Å². The van der Waals surface area contributed by atoms with Crippen LogP contribution in [-0.2, 0) is 0 Å². The molecule has 1 aromatic rings. The van der Waals surface area contributed by atoms with Crippen molar-refractivity contribution in [2.45, 2.75) is 37.5 Å². The maximum Gasteiger partial charge on any atom is 0.182 e. The first-order valence-electron chi connectivity index (χ1n) is 6.01. The van der Waals surface area contributed by atoms with Crippen LogP contribution in [0.3, 0.4) is 0 Å². The monoisotopic (exact) mass is 246 g/mol. The highest BCUT2D eigenvalue weighted by molar-refractivity contribution is 7.18. The van der Waals surface area contributed by atoms with Gasteiger partial charge in [0.15, 0.2) is 7.98 Å². The van der Waals surface area contributed by atoms with E-state index >= 15 is 0 Å². The molecule has 2 radical (unpaired) electrons. The fourth-order valence-corrected chi connectivity index (χ4v) is 2.87. The maximum absolute atomic E-state index is 5.92. The quantitative estimate of drug-likeness (QED) is 0.651. The van der Waals surface area contributed by atoms with Crippen LogP contribution >= 0.6 is 9.24 Å². The molecular weight excluding hydrogens is 226 g/mol. The van der Waals surface area contributed by atoms with Crippen LogP contribution in [0.2, 0.25) is 0 Å². The summed E-state index contributed by atoms with van der Waals surface area (Å²) in [6, 6.07) is 8.54. The topological polar surface area (TPSA) is 15.3 Å². The Morgan fingerprint density at radius 2 is 2.06 bits per heavy atom. The Balaban J connectivity index is 2.23. The summed E-state index contributed by atoms with van der Waals surface area (Å²) in [6.45, 7) is 4.37. The highest BCUT2D eigenvalue weighted by atomic mass is 31.0. The summed E-state index contributed by atoms with van der Waals surface area (Å²) in [4.78, 5) is 1.81. The number of hydrogen-bond donors (Lipinski definition) is 1. The van der Waals surface area contributed by atoms with Gasteiger partial charge in [-0.05, 0) is 38.9 Å². The van der Waals surface area contributed by atoms with Gasteiger partial charge >= 0.3 is 0 Å². The third kappa shape index (κ3) is 2.51. The lowest BCUT2D eigenvalue weighted by Crippen LogP contribution is -2.41. The average molecular weight is 246 g/mol. The van der Waals surface area contributed by atoms with Crippen molar-refractivity contribution in [3.8, 4) is 0 Å². The summed E-state index contributed by atoms with van der Waals surface area (Å²) >= 11 is 0. The van der Waals surface area contributed by atoms with Crippen molar-refractivity contribution in [3.63, 3.8) is 0 Å². The van der Waals surface area contributed by atoms with E-state index in [1.54, 1.807) is 0 Å². The Morgan fingerprint density at radius 1 is 1.41 bits per heavy atom. The molecule has 90 valence electrons. The van der Waals surface area contributed by atoms with Crippen molar-refractivity contribution < 1.29 is 0 Å². The second-order valence-electron chi connectivity index (χ2n) is 5.49. The average Bonchev–Trinajstić information content (AvgIpc) is 2.55. The molecule has 1 N–H and O–H groups in total. The number of para-hydroxylation sites is 1. The summed E-state index contributed by atoms with van der Waals surface area (Å²) in [5, 5.41) is 3.51. The third-order valence-corrected chi connectivity index (χ3v) is 4.42. The Labute approximate surface area is 108 Å². The highest BCUT2D eigenvalue weighted by Crippen LogP contribution is 2.43. The van der Waals surface area contributed by atoms with E-state index in [0.717, 1.165) is 6.42 Å². The van der Waals surface area contributed by atoms with Crippen molar-refractivity contribution in [3.05, 3.63) is 29.8 Å². The number of fused-ring (bicyclic) bond motifs is 1. The Morgan fingerprint density at radius 3 is 2.71 bits per heavy atom. The van der Waals surface area contributed by atoms with Crippen LogP contribution in [0.5, 0.6) is 0 Å². The second kappa shape index (κ2) is 4.63. The molecule has 17 heavy (non-hydrogen) atoms. The summed E-state index contributed by atoms with van der Waals surface area (Å²) in [7, 11) is 10.8. The zero-order valence-corrected chi connectivity index (χ0v) is 11.9. The number of hydrogen-bond acceptors (Lipinski definition) is 2. The molecule has 1 aliphatic rings. The predicted molar refractivity (Wildman–Crippen MR) is 78.5 cm³/mol. The van der Waals surface area contributed by atoms with Crippen molar-refractivity contribution >= 4 is 22.9 Å². The molecule has 0 spiro atoms. The van der Waals surface area contributed by atoms with Crippen LogP contribution in [0.15, 0.2) is 24.3 Å². The van der Waals surface area contributed by atoms with Crippen molar-refractivity contribution in [2.75, 3.05) is 12.4 Å². The summed E-state index contributed by atoms with van der Waals surface area (Å²) in [5.41, 5.74) is 2.66. The zero-order chi connectivity index (χ0) is 12.6. The minimum atomic E-state index is -0.00137. The second-order valence-corrected chi connectivity index (χ2v) is 6.21. The first kappa shape index (κ1) is 12.9. The molecule has 1 aromatic carbocycles. The van der Waals surface area contributed by atoms with Gasteiger partial charge < -0.3 is 10.1 Å². The molecule has 1 aliphatic heterocycles. The van der Waals surface area contributed by atoms with Crippen LogP contribution in [0.25, 0.3) is 0 Å². The van der Waals surface area contributed by atoms with Crippen molar-refractivity contribution in [2.24, 2.45) is 0 Å². The predicted octanol–water partition coefficient (Wildman–Crippen LogP) is 2.58. The van der Waals surface area contributed by atoms with E-state index in [9.17, 15) is 0 Å². The maximum atomic E-state index is 5.92. The minimum Gasteiger partial charge on any atom is -0.378 e. The SMILES string of the molecule is [B]N(C)C(C)(C)CC1c2ccccc2NC1P. The number of benzene rings is 1. The summed E-state index contributed by atoms with van der Waals surface area (Å²) < 4.78 is 0. The molecule has 3 atom stereocenters. The van der Waals surface area contributed by atoms with Gasteiger partial charge in [0, 0.05) is 22.9 Å². The number of nitrogens with zero attached hydrogens (tertiary/aromatic N) is 1. The molecule has 2 nitrogen and oxygen atoms in total. The molecule has 4 heteroatoms. The number of rotatable bonds is 3. The fourth-order valence-electron chi connectivity index (χ4n) is 2.34. The van der Waals surface area contributed by atoms with Gasteiger partial charge in [-0.15, -0.1) is 9.24 Å². The molecule has 0 aromatic heterocycles. The first-order chi connectivity index (χ1) is 7.92. The molecule has 1 heterocycles. The number of anilines is 1. The fraction of sp³-hybridized carbons (Fsp3) is 0.538. The van der Waals surface area contributed by atoms with Crippen molar-refractivity contribution in [1.29, 1.82) is 0 Å². The van der Waals surface area contributed by atoms with Crippen LogP contribution < -0.4 is 5.32 Å². The van der Waals surface area contributed by atoms with Gasteiger partial charge in [-0.2, -0.15) is 0 Å². The van der Waals surface area contributed by atoms with Crippen LogP contribution in [0.4, 0.5) is 5.69 Å². The van der Waals surface area contributed by atoms with Gasteiger partial charge in [0.25, 0.3) is 0 Å². The smallest absolute Gasteiger partial charge is 0.182 e. The summed E-state index contributed by atoms with van der Waals surface area (Å²) in [5.74, 6) is 0.892. The Bertz CT molecular complexity index is 406. The van der Waals surface area contributed by atoms with Crippen LogP contribution in [0.1, 0.15) is 31.7 Å². The molecule has 0 saturated carbocycles. The Kier molecular flexibility index (Phi) is 3.52. The molecule has 2 rings (SSSR count). The molecule has 0 amide bonds. The van der Waals surface area contributed by atoms with E-state index in [4.69, 9.17) is 7.98 Å². The molecule has 0 bridgehead atoms. The van der Waals surface area contributed by atoms with Gasteiger partial charge in [-0.3, -0.25) is 0 Å². The third-order valence-electron chi connectivity index (χ3n) is 3.79. The van der Waals surface area contributed by atoms with E-state index in [-0.39, 0.29) is 5.54 Å². The lowest BCUT2D eigenvalue weighted by molar-refractivity contribution is 0.242. The highest BCUT2D eigenvalue weighted by Gasteiger charge is 2.34. The molecule has 3 unspecified atom stereocenters. The minimum absolute atomic E-state index is 0.00137. The lowest BCUT2D eigenvalue weighted by atomic mass is 9.84. The van der Waals surface area contributed by atoms with Gasteiger partial charge in [-0.25, -0.2) is 0 Å². The van der Waals surface area contributed by atoms with Crippen LogP contribution in [0, 0.1) is 0 Å². The largest absolute Gasteiger partial charge is 0.378 e. The van der Waals surface area contributed by atoms with E-state index in [1.807, 2.05) is 11.9 Å². The zero-order valence-electron chi connectivity index (χ0n) is 10.8. The number of nitrogens with one attached hydrogen (secondary N) is 1. The first-order valence-corrected chi connectivity index (χ1v) is 6.68. The van der Waals surface area contributed by atoms with Crippen LogP contribution in [-0.4, -0.2) is 31.2 Å². The van der Waals surface area contributed by atoms with Gasteiger partial charge in [0.1, 0.15) is 0 Å². The molecule has 0 fully saturated rings.